The smallest absolute Gasteiger partial charge is 0.242 e. The maximum atomic E-state index is 13.0. The Hall–Kier alpha value is -2.36. The quantitative estimate of drug-likeness (QED) is 0.582. The number of hydrogen-bond acceptors (Lipinski definition) is 6. The van der Waals surface area contributed by atoms with Crippen molar-refractivity contribution in [1.82, 2.24) is 14.5 Å². The highest BCUT2D eigenvalue weighted by molar-refractivity contribution is 8.00. The second-order valence-electron chi connectivity index (χ2n) is 7.68. The van der Waals surface area contributed by atoms with Crippen LogP contribution in [-0.4, -0.2) is 72.0 Å². The maximum Gasteiger partial charge on any atom is 0.242 e. The number of imidazole rings is 1. The minimum absolute atomic E-state index is 0.000237. The summed E-state index contributed by atoms with van der Waals surface area (Å²) in [6.07, 6.45) is 5.42. The third-order valence-electron chi connectivity index (χ3n) is 5.72. The van der Waals surface area contributed by atoms with E-state index >= 15 is 0 Å². The number of amides is 2. The fraction of sp³-hybridized carbons (Fsp3) is 0.500. The van der Waals surface area contributed by atoms with Gasteiger partial charge in [0, 0.05) is 43.4 Å². The second-order valence-corrected chi connectivity index (χ2v) is 8.69. The summed E-state index contributed by atoms with van der Waals surface area (Å²) in [5, 5.41) is 0. The molecule has 0 unspecified atom stereocenters. The molecule has 0 atom stereocenters. The number of aromatic nitrogens is 2. The number of benzene rings is 1. The lowest BCUT2D eigenvalue weighted by molar-refractivity contribution is -0.132. The van der Waals surface area contributed by atoms with Gasteiger partial charge in [-0.3, -0.25) is 9.59 Å². The molecule has 4 rings (SSSR count). The minimum atomic E-state index is -0.0116. The molecule has 8 nitrogen and oxygen atoms in total. The zero-order valence-corrected chi connectivity index (χ0v) is 18.6. The maximum absolute atomic E-state index is 13.0. The molecule has 0 spiro atoms. The number of anilines is 1. The van der Waals surface area contributed by atoms with Gasteiger partial charge < -0.3 is 23.8 Å². The SMILES string of the molecule is COCCOCn1ccnc1C1CCN(C(=O)CN2C(=O)CSc3ccccc32)CC1. The number of carbonyl (C=O) groups excluding carboxylic acids is 2. The first-order valence-electron chi connectivity index (χ1n) is 10.5. The molecule has 9 heteroatoms. The van der Waals surface area contributed by atoms with E-state index in [1.54, 1.807) is 18.2 Å². The molecule has 1 aromatic carbocycles. The minimum Gasteiger partial charge on any atom is -0.382 e. The van der Waals surface area contributed by atoms with Crippen molar-refractivity contribution >= 4 is 29.3 Å². The van der Waals surface area contributed by atoms with E-state index in [4.69, 9.17) is 9.47 Å². The molecule has 0 bridgehead atoms. The van der Waals surface area contributed by atoms with Gasteiger partial charge in [-0.15, -0.1) is 11.8 Å². The van der Waals surface area contributed by atoms with E-state index in [0.29, 0.717) is 44.7 Å². The number of fused-ring (bicyclic) bond motifs is 1. The Balaban J connectivity index is 1.32. The standard InChI is InChI=1S/C22H28N4O4S/c1-29-12-13-30-16-25-11-8-23-22(25)17-6-9-24(10-7-17)20(27)14-26-18-4-2-3-5-19(18)31-15-21(26)28/h2-5,8,11,17H,6-7,9-10,12-16H2,1H3. The van der Waals surface area contributed by atoms with Crippen molar-refractivity contribution in [3.05, 3.63) is 42.5 Å². The number of nitrogens with zero attached hydrogens (tertiary/aromatic N) is 4. The number of rotatable bonds is 8. The molecule has 0 N–H and O–H groups in total. The van der Waals surface area contributed by atoms with Gasteiger partial charge in [0.2, 0.25) is 11.8 Å². The molecule has 1 saturated heterocycles. The number of likely N-dealkylation sites (tertiary alicyclic amines) is 1. The highest BCUT2D eigenvalue weighted by Gasteiger charge is 2.30. The number of ether oxygens (including phenoxy) is 2. The summed E-state index contributed by atoms with van der Waals surface area (Å²) in [5.74, 6) is 1.66. The van der Waals surface area contributed by atoms with E-state index in [0.717, 1.165) is 29.2 Å². The van der Waals surface area contributed by atoms with Gasteiger partial charge >= 0.3 is 0 Å². The van der Waals surface area contributed by atoms with Crippen LogP contribution in [0.3, 0.4) is 0 Å². The zero-order chi connectivity index (χ0) is 21.6. The van der Waals surface area contributed by atoms with Gasteiger partial charge in [-0.25, -0.2) is 4.98 Å². The summed E-state index contributed by atoms with van der Waals surface area (Å²) < 4.78 is 12.7. The number of methoxy groups -OCH3 is 1. The Kier molecular flexibility index (Phi) is 7.26. The van der Waals surface area contributed by atoms with Crippen molar-refractivity contribution < 1.29 is 19.1 Å². The fourth-order valence-corrected chi connectivity index (χ4v) is 4.98. The normalized spacial score (nSPS) is 17.1. The van der Waals surface area contributed by atoms with Gasteiger partial charge in [-0.2, -0.15) is 0 Å². The van der Waals surface area contributed by atoms with Crippen molar-refractivity contribution in [3.8, 4) is 0 Å². The summed E-state index contributed by atoms with van der Waals surface area (Å²) in [7, 11) is 1.65. The molecule has 2 amide bonds. The topological polar surface area (TPSA) is 76.9 Å². The van der Waals surface area contributed by atoms with Gasteiger partial charge in [0.25, 0.3) is 0 Å². The second kappa shape index (κ2) is 10.3. The lowest BCUT2D eigenvalue weighted by atomic mass is 9.96. The molecule has 0 aliphatic carbocycles. The lowest BCUT2D eigenvalue weighted by Gasteiger charge is -2.34. The van der Waals surface area contributed by atoms with Crippen LogP contribution in [0.15, 0.2) is 41.6 Å². The molecule has 2 aliphatic rings. The van der Waals surface area contributed by atoms with E-state index in [9.17, 15) is 9.59 Å². The van der Waals surface area contributed by atoms with Gasteiger partial charge in [0.1, 0.15) is 19.1 Å². The van der Waals surface area contributed by atoms with E-state index in [-0.39, 0.29) is 18.4 Å². The Morgan fingerprint density at radius 3 is 2.84 bits per heavy atom. The number of hydrogen-bond donors (Lipinski definition) is 0. The number of piperidine rings is 1. The van der Waals surface area contributed by atoms with E-state index in [1.807, 2.05) is 39.9 Å². The van der Waals surface area contributed by atoms with Crippen LogP contribution in [0.25, 0.3) is 0 Å². The Labute approximate surface area is 186 Å². The highest BCUT2D eigenvalue weighted by atomic mass is 32.2. The third-order valence-corrected chi connectivity index (χ3v) is 6.77. The molecule has 0 radical (unpaired) electrons. The Morgan fingerprint density at radius 2 is 2.03 bits per heavy atom. The molecule has 166 valence electrons. The summed E-state index contributed by atoms with van der Waals surface area (Å²) in [6, 6.07) is 7.77. The van der Waals surface area contributed by atoms with E-state index in [2.05, 4.69) is 4.98 Å². The summed E-state index contributed by atoms with van der Waals surface area (Å²) in [5.41, 5.74) is 0.836. The van der Waals surface area contributed by atoms with Crippen molar-refractivity contribution in [2.24, 2.45) is 0 Å². The van der Waals surface area contributed by atoms with Crippen molar-refractivity contribution in [3.63, 3.8) is 0 Å². The molecule has 1 aromatic heterocycles. The summed E-state index contributed by atoms with van der Waals surface area (Å²) >= 11 is 1.53. The molecule has 3 heterocycles. The largest absolute Gasteiger partial charge is 0.382 e. The molecule has 1 fully saturated rings. The van der Waals surface area contributed by atoms with Crippen LogP contribution in [0.5, 0.6) is 0 Å². The van der Waals surface area contributed by atoms with Crippen molar-refractivity contribution in [1.29, 1.82) is 0 Å². The molecule has 2 aliphatic heterocycles. The molecular formula is C22H28N4O4S. The number of carbonyl (C=O) groups is 2. The molecule has 31 heavy (non-hydrogen) atoms. The highest BCUT2D eigenvalue weighted by Crippen LogP contribution is 2.35. The first-order valence-corrected chi connectivity index (χ1v) is 11.5. The molecule has 2 aromatic rings. The zero-order valence-electron chi connectivity index (χ0n) is 17.7. The first kappa shape index (κ1) is 21.9. The van der Waals surface area contributed by atoms with E-state index in [1.165, 1.54) is 11.8 Å². The summed E-state index contributed by atoms with van der Waals surface area (Å²) in [4.78, 5) is 34.5. The van der Waals surface area contributed by atoms with Gasteiger partial charge in [0.15, 0.2) is 0 Å². The average molecular weight is 445 g/mol. The van der Waals surface area contributed by atoms with Crippen LogP contribution < -0.4 is 4.90 Å². The molecule has 0 saturated carbocycles. The van der Waals surface area contributed by atoms with E-state index < -0.39 is 0 Å². The van der Waals surface area contributed by atoms with Crippen LogP contribution in [0.1, 0.15) is 24.6 Å². The predicted octanol–water partition coefficient (Wildman–Crippen LogP) is 2.35. The Bertz CT molecular complexity index is 910. The van der Waals surface area contributed by atoms with Crippen LogP contribution in [0, 0.1) is 0 Å². The van der Waals surface area contributed by atoms with Gasteiger partial charge in [0.05, 0.1) is 24.7 Å². The first-order chi connectivity index (χ1) is 15.2. The van der Waals surface area contributed by atoms with Crippen LogP contribution in [0.2, 0.25) is 0 Å². The lowest BCUT2D eigenvalue weighted by Crippen LogP contribution is -2.47. The van der Waals surface area contributed by atoms with Gasteiger partial charge in [-0.05, 0) is 25.0 Å². The third kappa shape index (κ3) is 5.11. The number of thioether (sulfide) groups is 1. The Morgan fingerprint density at radius 1 is 1.23 bits per heavy atom. The average Bonchev–Trinajstić information content (AvgIpc) is 3.27. The van der Waals surface area contributed by atoms with Crippen LogP contribution >= 0.6 is 11.8 Å². The number of para-hydroxylation sites is 1. The van der Waals surface area contributed by atoms with Crippen LogP contribution in [0.4, 0.5) is 5.69 Å². The van der Waals surface area contributed by atoms with Crippen LogP contribution in [-0.2, 0) is 25.8 Å². The fourth-order valence-electron chi connectivity index (χ4n) is 4.04. The predicted molar refractivity (Wildman–Crippen MR) is 118 cm³/mol. The summed E-state index contributed by atoms with van der Waals surface area (Å²) in [6.45, 7) is 2.99. The van der Waals surface area contributed by atoms with Gasteiger partial charge in [-0.1, -0.05) is 12.1 Å². The molecular weight excluding hydrogens is 416 g/mol. The van der Waals surface area contributed by atoms with Crippen molar-refractivity contribution in [2.45, 2.75) is 30.4 Å². The monoisotopic (exact) mass is 444 g/mol. The van der Waals surface area contributed by atoms with Crippen molar-refractivity contribution in [2.75, 3.05) is 50.6 Å².